The number of carboxylic acids is 1. The Morgan fingerprint density at radius 3 is 2.89 bits per heavy atom. The predicted molar refractivity (Wildman–Crippen MR) is 65.9 cm³/mol. The number of carboxylic acid groups (broad SMARTS) is 1. The molecule has 0 aliphatic heterocycles. The highest BCUT2D eigenvalue weighted by atomic mass is 16.4. The summed E-state index contributed by atoms with van der Waals surface area (Å²) in [5, 5.41) is 13.2. The number of hydrogen-bond donors (Lipinski definition) is 2. The molecule has 0 aliphatic carbocycles. The number of fused-ring (bicyclic) bond motifs is 1. The first-order valence-electron chi connectivity index (χ1n) is 5.46. The van der Waals surface area contributed by atoms with Gasteiger partial charge in [-0.25, -0.2) is 0 Å². The van der Waals surface area contributed by atoms with Crippen molar-refractivity contribution in [1.29, 1.82) is 0 Å². The maximum Gasteiger partial charge on any atom is 0.305 e. The predicted octanol–water partition coefficient (Wildman–Crippen LogP) is 1.50. The second-order valence-electron chi connectivity index (χ2n) is 3.88. The van der Waals surface area contributed by atoms with Crippen LogP contribution < -0.4 is 5.32 Å². The number of benzene rings is 1. The topological polar surface area (TPSA) is 79.3 Å². The fourth-order valence-electron chi connectivity index (χ4n) is 1.93. The molecule has 0 fully saturated rings. The third-order valence-electron chi connectivity index (χ3n) is 2.72. The lowest BCUT2D eigenvalue weighted by Gasteiger charge is -2.16. The van der Waals surface area contributed by atoms with E-state index in [-0.39, 0.29) is 6.42 Å². The summed E-state index contributed by atoms with van der Waals surface area (Å²) in [5.74, 6) is -0.970. The van der Waals surface area contributed by atoms with E-state index in [4.69, 9.17) is 5.11 Å². The van der Waals surface area contributed by atoms with Gasteiger partial charge >= 0.3 is 5.97 Å². The number of pyridine rings is 1. The average Bonchev–Trinajstić information content (AvgIpc) is 2.37. The Hall–Kier alpha value is -2.43. The minimum absolute atomic E-state index is 0.172. The highest BCUT2D eigenvalue weighted by Crippen LogP contribution is 2.24. The fraction of sp³-hybridized carbons (Fsp3) is 0.154. The smallest absolute Gasteiger partial charge is 0.305 e. The van der Waals surface area contributed by atoms with Crippen molar-refractivity contribution in [3.05, 3.63) is 42.2 Å². The number of nitrogens with one attached hydrogen (secondary N) is 1. The first kappa shape index (κ1) is 12.0. The summed E-state index contributed by atoms with van der Waals surface area (Å²) < 4.78 is 0. The molecule has 5 heteroatoms. The van der Waals surface area contributed by atoms with Gasteiger partial charge in [-0.2, -0.15) is 0 Å². The second-order valence-corrected chi connectivity index (χ2v) is 3.88. The molecule has 0 saturated heterocycles. The molecule has 2 N–H and O–H groups in total. The van der Waals surface area contributed by atoms with Gasteiger partial charge in [-0.05, 0) is 5.39 Å². The molecule has 0 bridgehead atoms. The van der Waals surface area contributed by atoms with Crippen LogP contribution in [0.1, 0.15) is 18.0 Å². The van der Waals surface area contributed by atoms with Crippen LogP contribution in [-0.2, 0) is 9.59 Å². The van der Waals surface area contributed by atoms with Crippen LogP contribution >= 0.6 is 0 Å². The van der Waals surface area contributed by atoms with Gasteiger partial charge < -0.3 is 10.4 Å². The SMILES string of the molecule is O=CN[C@@H](CC(=O)O)c1cncc2ccccc12. The number of aliphatic carboxylic acids is 1. The van der Waals surface area contributed by atoms with Gasteiger partial charge in [-0.3, -0.25) is 14.6 Å². The van der Waals surface area contributed by atoms with Gasteiger partial charge in [0.05, 0.1) is 12.5 Å². The monoisotopic (exact) mass is 244 g/mol. The summed E-state index contributed by atoms with van der Waals surface area (Å²) in [6.45, 7) is 0. The molecule has 2 rings (SSSR count). The fourth-order valence-corrected chi connectivity index (χ4v) is 1.93. The third kappa shape index (κ3) is 2.45. The third-order valence-corrected chi connectivity index (χ3v) is 2.72. The van der Waals surface area contributed by atoms with Gasteiger partial charge in [0.25, 0.3) is 0 Å². The lowest BCUT2D eigenvalue weighted by molar-refractivity contribution is -0.137. The van der Waals surface area contributed by atoms with Crippen LogP contribution in [0.3, 0.4) is 0 Å². The van der Waals surface area contributed by atoms with Crippen LogP contribution in [-0.4, -0.2) is 22.5 Å². The molecule has 1 heterocycles. The van der Waals surface area contributed by atoms with Crippen LogP contribution in [0, 0.1) is 0 Å². The molecule has 18 heavy (non-hydrogen) atoms. The molecule has 0 aliphatic rings. The van der Waals surface area contributed by atoms with Gasteiger partial charge in [0, 0.05) is 23.3 Å². The zero-order valence-corrected chi connectivity index (χ0v) is 9.54. The Bertz CT molecular complexity index is 578. The minimum atomic E-state index is -0.970. The Labute approximate surface area is 103 Å². The first-order chi connectivity index (χ1) is 8.72. The Balaban J connectivity index is 2.49. The molecule has 0 saturated carbocycles. The summed E-state index contributed by atoms with van der Waals surface area (Å²) in [6.07, 6.45) is 3.63. The van der Waals surface area contributed by atoms with Crippen LogP contribution in [0.25, 0.3) is 10.8 Å². The molecule has 1 aromatic carbocycles. The van der Waals surface area contributed by atoms with E-state index in [9.17, 15) is 9.59 Å². The highest BCUT2D eigenvalue weighted by molar-refractivity contribution is 5.85. The van der Waals surface area contributed by atoms with Crippen molar-refractivity contribution in [2.45, 2.75) is 12.5 Å². The van der Waals surface area contributed by atoms with E-state index in [2.05, 4.69) is 10.3 Å². The summed E-state index contributed by atoms with van der Waals surface area (Å²) in [6, 6.07) is 6.95. The summed E-state index contributed by atoms with van der Waals surface area (Å²) >= 11 is 0. The normalized spacial score (nSPS) is 12.0. The van der Waals surface area contributed by atoms with E-state index < -0.39 is 12.0 Å². The van der Waals surface area contributed by atoms with E-state index in [0.29, 0.717) is 12.0 Å². The standard InChI is InChI=1S/C13H12N2O3/c16-8-15-12(5-13(17)18)11-7-14-6-9-3-1-2-4-10(9)11/h1-4,6-8,12H,5H2,(H,15,16)(H,17,18)/t12-/m0/s1. The van der Waals surface area contributed by atoms with Gasteiger partial charge in [0.1, 0.15) is 0 Å². The van der Waals surface area contributed by atoms with E-state index in [1.54, 1.807) is 12.4 Å². The molecule has 2 aromatic rings. The van der Waals surface area contributed by atoms with Crippen LogP contribution in [0.4, 0.5) is 0 Å². The maximum absolute atomic E-state index is 10.8. The number of carbonyl (C=O) groups is 2. The van der Waals surface area contributed by atoms with Gasteiger partial charge in [-0.15, -0.1) is 0 Å². The Morgan fingerprint density at radius 2 is 2.17 bits per heavy atom. The van der Waals surface area contributed by atoms with Crippen molar-refractivity contribution in [3.8, 4) is 0 Å². The number of hydrogen-bond acceptors (Lipinski definition) is 3. The van der Waals surface area contributed by atoms with Crippen LogP contribution in [0.2, 0.25) is 0 Å². The molecule has 0 unspecified atom stereocenters. The van der Waals surface area contributed by atoms with Gasteiger partial charge in [-0.1, -0.05) is 24.3 Å². The van der Waals surface area contributed by atoms with Crippen molar-refractivity contribution in [2.24, 2.45) is 0 Å². The van der Waals surface area contributed by atoms with Crippen molar-refractivity contribution in [3.63, 3.8) is 0 Å². The zero-order valence-electron chi connectivity index (χ0n) is 9.54. The summed E-state index contributed by atoms with van der Waals surface area (Å²) in [4.78, 5) is 25.5. The van der Waals surface area contributed by atoms with E-state index in [0.717, 1.165) is 10.8 Å². The highest BCUT2D eigenvalue weighted by Gasteiger charge is 2.17. The molecule has 0 spiro atoms. The maximum atomic E-state index is 10.8. The van der Waals surface area contributed by atoms with E-state index in [1.165, 1.54) is 0 Å². The van der Waals surface area contributed by atoms with Gasteiger partial charge in [0.2, 0.25) is 6.41 Å². The largest absolute Gasteiger partial charge is 0.481 e. The quantitative estimate of drug-likeness (QED) is 0.781. The molecule has 1 atom stereocenters. The van der Waals surface area contributed by atoms with Crippen LogP contribution in [0.5, 0.6) is 0 Å². The minimum Gasteiger partial charge on any atom is -0.481 e. The Kier molecular flexibility index (Phi) is 3.52. The first-order valence-corrected chi connectivity index (χ1v) is 5.46. The van der Waals surface area contributed by atoms with Crippen molar-refractivity contribution < 1.29 is 14.7 Å². The van der Waals surface area contributed by atoms with E-state index in [1.807, 2.05) is 24.3 Å². The van der Waals surface area contributed by atoms with Crippen molar-refractivity contribution in [2.75, 3.05) is 0 Å². The van der Waals surface area contributed by atoms with Crippen LogP contribution in [0.15, 0.2) is 36.7 Å². The number of rotatable bonds is 5. The van der Waals surface area contributed by atoms with E-state index >= 15 is 0 Å². The lowest BCUT2D eigenvalue weighted by atomic mass is 9.99. The van der Waals surface area contributed by atoms with Gasteiger partial charge in [0.15, 0.2) is 0 Å². The number of aromatic nitrogens is 1. The Morgan fingerprint density at radius 1 is 1.39 bits per heavy atom. The molecular formula is C13H12N2O3. The summed E-state index contributed by atoms with van der Waals surface area (Å²) in [5.41, 5.74) is 0.711. The molecule has 5 nitrogen and oxygen atoms in total. The van der Waals surface area contributed by atoms with Crippen molar-refractivity contribution in [1.82, 2.24) is 10.3 Å². The molecule has 1 amide bonds. The molecular weight excluding hydrogens is 232 g/mol. The van der Waals surface area contributed by atoms with Crippen molar-refractivity contribution >= 4 is 23.2 Å². The average molecular weight is 244 g/mol. The second kappa shape index (κ2) is 5.27. The lowest BCUT2D eigenvalue weighted by Crippen LogP contribution is -2.22. The summed E-state index contributed by atoms with van der Waals surface area (Å²) in [7, 11) is 0. The number of carbonyl (C=O) groups excluding carboxylic acids is 1. The zero-order chi connectivity index (χ0) is 13.0. The number of nitrogens with zero attached hydrogens (tertiary/aromatic N) is 1. The molecule has 92 valence electrons. The molecule has 0 radical (unpaired) electrons. The molecule has 1 aromatic heterocycles. The number of amides is 1.